The van der Waals surface area contributed by atoms with E-state index in [0.29, 0.717) is 19.5 Å². The molecular formula is C12H21N3O2. The summed E-state index contributed by atoms with van der Waals surface area (Å²) in [6.45, 7) is 6.58. The Labute approximate surface area is 102 Å². The molecule has 0 bridgehead atoms. The minimum absolute atomic E-state index is 0.0823. The molecule has 0 aromatic rings. The van der Waals surface area contributed by atoms with Crippen LogP contribution < -0.4 is 10.6 Å². The number of hydrogen-bond donors (Lipinski definition) is 2. The Morgan fingerprint density at radius 1 is 1.29 bits per heavy atom. The molecular weight excluding hydrogens is 218 g/mol. The van der Waals surface area contributed by atoms with Gasteiger partial charge in [0.15, 0.2) is 0 Å². The Kier molecular flexibility index (Phi) is 6.32. The van der Waals surface area contributed by atoms with Crippen LogP contribution >= 0.6 is 0 Å². The summed E-state index contributed by atoms with van der Waals surface area (Å²) in [5.74, 6) is 0.0583. The summed E-state index contributed by atoms with van der Waals surface area (Å²) in [7, 11) is 0. The summed E-state index contributed by atoms with van der Waals surface area (Å²) in [4.78, 5) is 24.8. The lowest BCUT2D eigenvalue weighted by Crippen LogP contribution is -2.37. The second-order valence-corrected chi connectivity index (χ2v) is 4.11. The molecule has 0 saturated carbocycles. The van der Waals surface area contributed by atoms with Gasteiger partial charge in [-0.05, 0) is 12.8 Å². The van der Waals surface area contributed by atoms with Crippen molar-refractivity contribution in [2.75, 3.05) is 32.7 Å². The van der Waals surface area contributed by atoms with Crippen LogP contribution in [0.2, 0.25) is 0 Å². The molecule has 2 amide bonds. The molecule has 1 saturated heterocycles. The van der Waals surface area contributed by atoms with Crippen LogP contribution in [0.25, 0.3) is 0 Å². The van der Waals surface area contributed by atoms with Gasteiger partial charge < -0.3 is 15.5 Å². The van der Waals surface area contributed by atoms with Gasteiger partial charge in [0.1, 0.15) is 0 Å². The Hall–Kier alpha value is -1.36. The lowest BCUT2D eigenvalue weighted by Gasteiger charge is -2.15. The zero-order valence-corrected chi connectivity index (χ0v) is 10.2. The lowest BCUT2D eigenvalue weighted by atomic mass is 10.3. The summed E-state index contributed by atoms with van der Waals surface area (Å²) in [6.07, 6.45) is 4.30. The standard InChI is InChI=1S/C12H21N3O2/c1-2-6-13-10-11(16)14-7-5-12(17)15-8-3-4-9-15/h2,13H,1,3-10H2,(H,14,16). The highest BCUT2D eigenvalue weighted by atomic mass is 16.2. The number of nitrogens with one attached hydrogen (secondary N) is 2. The van der Waals surface area contributed by atoms with Crippen LogP contribution in [0.5, 0.6) is 0 Å². The number of amides is 2. The van der Waals surface area contributed by atoms with Crippen LogP contribution in [-0.2, 0) is 9.59 Å². The quantitative estimate of drug-likeness (QED) is 0.481. The Balaban J connectivity index is 2.04. The van der Waals surface area contributed by atoms with E-state index in [4.69, 9.17) is 0 Å². The third kappa shape index (κ3) is 5.49. The van der Waals surface area contributed by atoms with Gasteiger partial charge in [-0.1, -0.05) is 6.08 Å². The molecule has 0 aromatic carbocycles. The zero-order valence-electron chi connectivity index (χ0n) is 10.2. The van der Waals surface area contributed by atoms with Gasteiger partial charge in [-0.15, -0.1) is 6.58 Å². The molecule has 0 spiro atoms. The monoisotopic (exact) mass is 239 g/mol. The van der Waals surface area contributed by atoms with E-state index in [1.54, 1.807) is 6.08 Å². The van der Waals surface area contributed by atoms with E-state index in [1.165, 1.54) is 0 Å². The van der Waals surface area contributed by atoms with E-state index >= 15 is 0 Å². The van der Waals surface area contributed by atoms with Gasteiger partial charge in [0.05, 0.1) is 6.54 Å². The molecule has 0 aliphatic carbocycles. The first-order chi connectivity index (χ1) is 8.24. The van der Waals surface area contributed by atoms with Gasteiger partial charge >= 0.3 is 0 Å². The number of hydrogen-bond acceptors (Lipinski definition) is 3. The molecule has 2 N–H and O–H groups in total. The second kappa shape index (κ2) is 7.84. The number of rotatable bonds is 7. The van der Waals surface area contributed by atoms with Crippen molar-refractivity contribution in [2.45, 2.75) is 19.3 Å². The smallest absolute Gasteiger partial charge is 0.233 e. The van der Waals surface area contributed by atoms with E-state index in [1.807, 2.05) is 4.90 Å². The summed E-state index contributed by atoms with van der Waals surface area (Å²) in [6, 6.07) is 0. The van der Waals surface area contributed by atoms with E-state index in [2.05, 4.69) is 17.2 Å². The van der Waals surface area contributed by atoms with Crippen molar-refractivity contribution >= 4 is 11.8 Å². The fraction of sp³-hybridized carbons (Fsp3) is 0.667. The SMILES string of the molecule is C=CCNCC(=O)NCCC(=O)N1CCCC1. The summed E-state index contributed by atoms with van der Waals surface area (Å²) < 4.78 is 0. The van der Waals surface area contributed by atoms with Crippen LogP contribution in [-0.4, -0.2) is 49.4 Å². The minimum Gasteiger partial charge on any atom is -0.354 e. The number of likely N-dealkylation sites (tertiary alicyclic amines) is 1. The summed E-state index contributed by atoms with van der Waals surface area (Å²) in [5.41, 5.74) is 0. The lowest BCUT2D eigenvalue weighted by molar-refractivity contribution is -0.130. The number of carbonyl (C=O) groups excluding carboxylic acids is 2. The maximum atomic E-state index is 11.6. The predicted molar refractivity (Wildman–Crippen MR) is 66.5 cm³/mol. The summed E-state index contributed by atoms with van der Waals surface area (Å²) >= 11 is 0. The molecule has 0 aromatic heterocycles. The van der Waals surface area contributed by atoms with Gasteiger partial charge in [0.2, 0.25) is 11.8 Å². The van der Waals surface area contributed by atoms with Crippen molar-refractivity contribution in [3.8, 4) is 0 Å². The maximum Gasteiger partial charge on any atom is 0.233 e. The molecule has 1 fully saturated rings. The van der Waals surface area contributed by atoms with Gasteiger partial charge in [-0.25, -0.2) is 0 Å². The maximum absolute atomic E-state index is 11.6. The largest absolute Gasteiger partial charge is 0.354 e. The molecule has 1 heterocycles. The zero-order chi connectivity index (χ0) is 12.5. The minimum atomic E-state index is -0.0823. The fourth-order valence-corrected chi connectivity index (χ4v) is 1.78. The Bertz CT molecular complexity index is 273. The van der Waals surface area contributed by atoms with Crippen LogP contribution in [0, 0.1) is 0 Å². The van der Waals surface area contributed by atoms with Crippen LogP contribution in [0.4, 0.5) is 0 Å². The number of carbonyl (C=O) groups is 2. The highest BCUT2D eigenvalue weighted by Crippen LogP contribution is 2.08. The molecule has 5 heteroatoms. The van der Waals surface area contributed by atoms with Gasteiger partial charge in [-0.3, -0.25) is 9.59 Å². The van der Waals surface area contributed by atoms with Crippen molar-refractivity contribution in [1.29, 1.82) is 0 Å². The van der Waals surface area contributed by atoms with Crippen molar-refractivity contribution in [1.82, 2.24) is 15.5 Å². The van der Waals surface area contributed by atoms with E-state index < -0.39 is 0 Å². The summed E-state index contributed by atoms with van der Waals surface area (Å²) in [5, 5.41) is 5.62. The van der Waals surface area contributed by atoms with E-state index in [-0.39, 0.29) is 18.4 Å². The first kappa shape index (κ1) is 13.7. The Morgan fingerprint density at radius 3 is 2.65 bits per heavy atom. The van der Waals surface area contributed by atoms with Crippen molar-refractivity contribution in [3.63, 3.8) is 0 Å². The molecule has 0 atom stereocenters. The van der Waals surface area contributed by atoms with Gasteiger partial charge in [0.25, 0.3) is 0 Å². The van der Waals surface area contributed by atoms with Crippen molar-refractivity contribution in [2.24, 2.45) is 0 Å². The highest BCUT2D eigenvalue weighted by molar-refractivity contribution is 5.80. The second-order valence-electron chi connectivity index (χ2n) is 4.11. The highest BCUT2D eigenvalue weighted by Gasteiger charge is 2.17. The fourth-order valence-electron chi connectivity index (χ4n) is 1.78. The molecule has 96 valence electrons. The first-order valence-corrected chi connectivity index (χ1v) is 6.10. The van der Waals surface area contributed by atoms with Crippen LogP contribution in [0.15, 0.2) is 12.7 Å². The molecule has 1 aliphatic heterocycles. The van der Waals surface area contributed by atoms with Gasteiger partial charge in [0, 0.05) is 32.6 Å². The molecule has 1 rings (SSSR count). The third-order valence-corrected chi connectivity index (χ3v) is 2.69. The molecule has 5 nitrogen and oxygen atoms in total. The number of nitrogens with zero attached hydrogens (tertiary/aromatic N) is 1. The average Bonchev–Trinajstić information content (AvgIpc) is 2.82. The predicted octanol–water partition coefficient (Wildman–Crippen LogP) is -0.109. The van der Waals surface area contributed by atoms with Gasteiger partial charge in [-0.2, -0.15) is 0 Å². The van der Waals surface area contributed by atoms with E-state index in [9.17, 15) is 9.59 Å². The average molecular weight is 239 g/mol. The first-order valence-electron chi connectivity index (χ1n) is 6.10. The van der Waals surface area contributed by atoms with Crippen LogP contribution in [0.1, 0.15) is 19.3 Å². The molecule has 0 radical (unpaired) electrons. The normalized spacial score (nSPS) is 14.7. The molecule has 1 aliphatic rings. The van der Waals surface area contributed by atoms with Crippen molar-refractivity contribution in [3.05, 3.63) is 12.7 Å². The van der Waals surface area contributed by atoms with Crippen molar-refractivity contribution < 1.29 is 9.59 Å². The molecule has 17 heavy (non-hydrogen) atoms. The Morgan fingerprint density at radius 2 is 2.00 bits per heavy atom. The topological polar surface area (TPSA) is 61.4 Å². The van der Waals surface area contributed by atoms with Crippen LogP contribution in [0.3, 0.4) is 0 Å². The van der Waals surface area contributed by atoms with E-state index in [0.717, 1.165) is 25.9 Å². The molecule has 0 unspecified atom stereocenters. The third-order valence-electron chi connectivity index (χ3n) is 2.69.